The van der Waals surface area contributed by atoms with Crippen LogP contribution in [0.15, 0.2) is 66.2 Å². The summed E-state index contributed by atoms with van der Waals surface area (Å²) in [6.45, 7) is 9.41. The van der Waals surface area contributed by atoms with Crippen molar-refractivity contribution in [2.75, 3.05) is 6.54 Å². The van der Waals surface area contributed by atoms with Gasteiger partial charge in [0.2, 0.25) is 0 Å². The van der Waals surface area contributed by atoms with Gasteiger partial charge in [0.05, 0.1) is 12.9 Å². The molecule has 0 bridgehead atoms. The first kappa shape index (κ1) is 19.7. The van der Waals surface area contributed by atoms with E-state index >= 15 is 0 Å². The second-order valence-corrected chi connectivity index (χ2v) is 7.03. The highest BCUT2D eigenvalue weighted by Gasteiger charge is 2.02. The maximum Gasteiger partial charge on any atom is 0.191 e. The lowest BCUT2D eigenvalue weighted by atomic mass is 10.1. The van der Waals surface area contributed by atoms with E-state index < -0.39 is 0 Å². The molecule has 28 heavy (non-hydrogen) atoms. The molecule has 1 heterocycles. The Hall–Kier alpha value is -3.08. The Kier molecular flexibility index (Phi) is 6.84. The van der Waals surface area contributed by atoms with Crippen molar-refractivity contribution < 1.29 is 0 Å². The minimum absolute atomic E-state index is 0.639. The molecule has 0 radical (unpaired) electrons. The number of nitrogens with zero attached hydrogens (tertiary/aromatic N) is 3. The summed E-state index contributed by atoms with van der Waals surface area (Å²) in [5.74, 6) is 0.836. The van der Waals surface area contributed by atoms with Gasteiger partial charge in [-0.15, -0.1) is 0 Å². The summed E-state index contributed by atoms with van der Waals surface area (Å²) in [5.41, 5.74) is 6.33. The molecule has 0 amide bonds. The van der Waals surface area contributed by atoms with Crippen LogP contribution in [0.4, 0.5) is 0 Å². The van der Waals surface area contributed by atoms with Crippen molar-refractivity contribution >= 4 is 5.96 Å². The summed E-state index contributed by atoms with van der Waals surface area (Å²) in [6.07, 6.45) is 5.62. The van der Waals surface area contributed by atoms with Crippen molar-refractivity contribution in [3.63, 3.8) is 0 Å². The van der Waals surface area contributed by atoms with Crippen LogP contribution >= 0.6 is 0 Å². The summed E-state index contributed by atoms with van der Waals surface area (Å²) in [6, 6.07) is 15.1. The SMILES string of the molecule is CCNC(=NCc1cccc(Cn2ccnc2)c1)NCc1ccc(C)cc1C. The lowest BCUT2D eigenvalue weighted by Gasteiger charge is -2.13. The number of rotatable bonds is 7. The van der Waals surface area contributed by atoms with Gasteiger partial charge in [-0.05, 0) is 43.0 Å². The lowest BCUT2D eigenvalue weighted by Crippen LogP contribution is -2.36. The second-order valence-electron chi connectivity index (χ2n) is 7.03. The molecule has 0 fully saturated rings. The number of hydrogen-bond donors (Lipinski definition) is 2. The van der Waals surface area contributed by atoms with E-state index in [1.807, 2.05) is 12.5 Å². The van der Waals surface area contributed by atoms with Crippen molar-refractivity contribution in [3.8, 4) is 0 Å². The van der Waals surface area contributed by atoms with Gasteiger partial charge in [-0.2, -0.15) is 0 Å². The van der Waals surface area contributed by atoms with Gasteiger partial charge in [0, 0.05) is 32.0 Å². The lowest BCUT2D eigenvalue weighted by molar-refractivity contribution is 0.793. The fourth-order valence-electron chi connectivity index (χ4n) is 3.15. The van der Waals surface area contributed by atoms with Gasteiger partial charge in [-0.1, -0.05) is 48.0 Å². The Labute approximate surface area is 167 Å². The standard InChI is InChI=1S/C23H29N5/c1-4-25-23(27-15-22-9-8-18(2)12-19(22)3)26-14-20-6-5-7-21(13-20)16-28-11-10-24-17-28/h5-13,17H,4,14-16H2,1-3H3,(H2,25,26,27). The first-order valence-electron chi connectivity index (χ1n) is 9.76. The number of aliphatic imine (C=N–C) groups is 1. The van der Waals surface area contributed by atoms with Crippen molar-refractivity contribution in [2.24, 2.45) is 4.99 Å². The Balaban J connectivity index is 1.63. The third-order valence-corrected chi connectivity index (χ3v) is 4.62. The minimum Gasteiger partial charge on any atom is -0.357 e. The van der Waals surface area contributed by atoms with Crippen molar-refractivity contribution in [1.29, 1.82) is 0 Å². The number of nitrogens with one attached hydrogen (secondary N) is 2. The first-order valence-corrected chi connectivity index (χ1v) is 9.76. The molecular formula is C23H29N5. The summed E-state index contributed by atoms with van der Waals surface area (Å²) in [5, 5.41) is 6.78. The molecule has 0 saturated carbocycles. The Morgan fingerprint density at radius 3 is 2.68 bits per heavy atom. The summed E-state index contributed by atoms with van der Waals surface area (Å²) >= 11 is 0. The monoisotopic (exact) mass is 375 g/mol. The van der Waals surface area contributed by atoms with Crippen LogP contribution in [0.3, 0.4) is 0 Å². The number of benzene rings is 2. The molecule has 0 aliphatic rings. The molecule has 3 rings (SSSR count). The van der Waals surface area contributed by atoms with E-state index in [2.05, 4.69) is 83.4 Å². The van der Waals surface area contributed by atoms with Gasteiger partial charge < -0.3 is 15.2 Å². The summed E-state index contributed by atoms with van der Waals surface area (Å²) < 4.78 is 2.07. The quantitative estimate of drug-likeness (QED) is 0.488. The van der Waals surface area contributed by atoms with E-state index in [4.69, 9.17) is 4.99 Å². The van der Waals surface area contributed by atoms with Gasteiger partial charge in [-0.3, -0.25) is 0 Å². The molecule has 0 aliphatic carbocycles. The van der Waals surface area contributed by atoms with Gasteiger partial charge >= 0.3 is 0 Å². The molecule has 5 heteroatoms. The molecule has 0 aliphatic heterocycles. The zero-order valence-electron chi connectivity index (χ0n) is 16.9. The third-order valence-electron chi connectivity index (χ3n) is 4.62. The van der Waals surface area contributed by atoms with Crippen LogP contribution < -0.4 is 10.6 Å². The highest BCUT2D eigenvalue weighted by Crippen LogP contribution is 2.11. The van der Waals surface area contributed by atoms with E-state index in [1.165, 1.54) is 27.8 Å². The topological polar surface area (TPSA) is 54.2 Å². The van der Waals surface area contributed by atoms with Crippen LogP contribution in [0.5, 0.6) is 0 Å². The van der Waals surface area contributed by atoms with Gasteiger partial charge in [-0.25, -0.2) is 9.98 Å². The van der Waals surface area contributed by atoms with E-state index in [-0.39, 0.29) is 0 Å². The fraction of sp³-hybridized carbons (Fsp3) is 0.304. The zero-order valence-corrected chi connectivity index (χ0v) is 16.9. The summed E-state index contributed by atoms with van der Waals surface area (Å²) in [7, 11) is 0. The summed E-state index contributed by atoms with van der Waals surface area (Å²) in [4.78, 5) is 8.86. The minimum atomic E-state index is 0.639. The molecule has 0 atom stereocenters. The Morgan fingerprint density at radius 2 is 1.93 bits per heavy atom. The van der Waals surface area contributed by atoms with E-state index in [0.29, 0.717) is 6.54 Å². The van der Waals surface area contributed by atoms with Crippen molar-refractivity contribution in [1.82, 2.24) is 20.2 Å². The predicted octanol–water partition coefficient (Wildman–Crippen LogP) is 3.80. The Bertz CT molecular complexity index is 913. The predicted molar refractivity (Wildman–Crippen MR) is 115 cm³/mol. The largest absolute Gasteiger partial charge is 0.357 e. The van der Waals surface area contributed by atoms with Gasteiger partial charge in [0.25, 0.3) is 0 Å². The average molecular weight is 376 g/mol. The molecule has 2 N–H and O–H groups in total. The molecular weight excluding hydrogens is 346 g/mol. The first-order chi connectivity index (χ1) is 13.6. The number of guanidine groups is 1. The molecule has 1 aromatic heterocycles. The van der Waals surface area contributed by atoms with Crippen LogP contribution in [-0.4, -0.2) is 22.1 Å². The van der Waals surface area contributed by atoms with Crippen LogP contribution in [0.2, 0.25) is 0 Å². The molecule has 2 aromatic carbocycles. The molecule has 0 spiro atoms. The molecule has 0 unspecified atom stereocenters. The normalized spacial score (nSPS) is 11.5. The second kappa shape index (κ2) is 9.74. The smallest absolute Gasteiger partial charge is 0.191 e. The number of aromatic nitrogens is 2. The van der Waals surface area contributed by atoms with E-state index in [0.717, 1.165) is 25.6 Å². The maximum atomic E-state index is 4.76. The van der Waals surface area contributed by atoms with E-state index in [9.17, 15) is 0 Å². The average Bonchev–Trinajstić information content (AvgIpc) is 3.18. The van der Waals surface area contributed by atoms with Crippen molar-refractivity contribution in [3.05, 3.63) is 89.0 Å². The van der Waals surface area contributed by atoms with Gasteiger partial charge in [0.1, 0.15) is 0 Å². The number of aryl methyl sites for hydroxylation is 2. The molecule has 3 aromatic rings. The molecule has 5 nitrogen and oxygen atoms in total. The highest BCUT2D eigenvalue weighted by molar-refractivity contribution is 5.79. The fourth-order valence-corrected chi connectivity index (χ4v) is 3.15. The van der Waals surface area contributed by atoms with Crippen LogP contribution in [0.25, 0.3) is 0 Å². The highest BCUT2D eigenvalue weighted by atomic mass is 15.2. The molecule has 0 saturated heterocycles. The molecule has 146 valence electrons. The maximum absolute atomic E-state index is 4.76. The zero-order chi connectivity index (χ0) is 19.8. The number of hydrogen-bond acceptors (Lipinski definition) is 2. The van der Waals surface area contributed by atoms with Crippen LogP contribution in [-0.2, 0) is 19.6 Å². The van der Waals surface area contributed by atoms with E-state index in [1.54, 1.807) is 6.20 Å². The van der Waals surface area contributed by atoms with Gasteiger partial charge in [0.15, 0.2) is 5.96 Å². The third kappa shape index (κ3) is 5.71. The Morgan fingerprint density at radius 1 is 1.07 bits per heavy atom. The number of imidazole rings is 1. The van der Waals surface area contributed by atoms with Crippen LogP contribution in [0, 0.1) is 13.8 Å². The van der Waals surface area contributed by atoms with Crippen molar-refractivity contribution in [2.45, 2.75) is 40.4 Å². The van der Waals surface area contributed by atoms with Crippen LogP contribution in [0.1, 0.15) is 34.7 Å².